The third kappa shape index (κ3) is 6.08. The third-order valence-corrected chi connectivity index (χ3v) is 3.81. The zero-order chi connectivity index (χ0) is 14.3. The second kappa shape index (κ2) is 8.18. The molecular weight excluding hydrogens is 242 g/mol. The molecule has 0 aromatic heterocycles. The van der Waals surface area contributed by atoms with Gasteiger partial charge < -0.3 is 10.0 Å². The Morgan fingerprint density at radius 2 is 1.84 bits per heavy atom. The Kier molecular flexibility index (Phi) is 6.89. The second-order valence-electron chi connectivity index (χ2n) is 5.96. The molecule has 0 bridgehead atoms. The summed E-state index contributed by atoms with van der Waals surface area (Å²) in [5.41, 5.74) is 0. The Balaban J connectivity index is 2.46. The maximum absolute atomic E-state index is 12.3. The molecule has 0 saturated heterocycles. The van der Waals surface area contributed by atoms with Crippen LogP contribution in [0.3, 0.4) is 0 Å². The number of carboxylic acid groups (broad SMARTS) is 1. The van der Waals surface area contributed by atoms with Gasteiger partial charge in [-0.1, -0.05) is 26.7 Å². The minimum Gasteiger partial charge on any atom is -0.481 e. The van der Waals surface area contributed by atoms with Gasteiger partial charge in [0.15, 0.2) is 0 Å². The van der Waals surface area contributed by atoms with Crippen LogP contribution in [-0.2, 0) is 9.59 Å². The van der Waals surface area contributed by atoms with Crippen molar-refractivity contribution in [2.75, 3.05) is 6.54 Å². The van der Waals surface area contributed by atoms with Crippen molar-refractivity contribution in [3.63, 3.8) is 0 Å². The second-order valence-corrected chi connectivity index (χ2v) is 5.96. The first-order valence-electron chi connectivity index (χ1n) is 7.52. The van der Waals surface area contributed by atoms with Gasteiger partial charge in [-0.05, 0) is 31.6 Å². The van der Waals surface area contributed by atoms with Crippen LogP contribution in [0.4, 0.5) is 0 Å². The molecule has 4 nitrogen and oxygen atoms in total. The molecule has 110 valence electrons. The molecule has 0 spiro atoms. The van der Waals surface area contributed by atoms with E-state index in [4.69, 9.17) is 5.11 Å². The summed E-state index contributed by atoms with van der Waals surface area (Å²) >= 11 is 0. The highest BCUT2D eigenvalue weighted by molar-refractivity contribution is 5.77. The highest BCUT2D eigenvalue weighted by Crippen LogP contribution is 2.25. The number of hydrogen-bond acceptors (Lipinski definition) is 2. The lowest BCUT2D eigenvalue weighted by molar-refractivity contribution is -0.137. The summed E-state index contributed by atoms with van der Waals surface area (Å²) < 4.78 is 0. The van der Waals surface area contributed by atoms with Crippen LogP contribution in [0.2, 0.25) is 0 Å². The van der Waals surface area contributed by atoms with Crippen LogP contribution in [0, 0.1) is 5.92 Å². The van der Waals surface area contributed by atoms with E-state index in [1.165, 1.54) is 12.8 Å². The maximum atomic E-state index is 12.3. The number of carbonyl (C=O) groups is 2. The summed E-state index contributed by atoms with van der Waals surface area (Å²) in [5.74, 6) is -0.0769. The number of hydrogen-bond donors (Lipinski definition) is 1. The van der Waals surface area contributed by atoms with E-state index < -0.39 is 5.97 Å². The molecule has 1 amide bonds. The Morgan fingerprint density at radius 3 is 2.37 bits per heavy atom. The van der Waals surface area contributed by atoms with Crippen LogP contribution in [-0.4, -0.2) is 34.5 Å². The van der Waals surface area contributed by atoms with Crippen molar-refractivity contribution in [1.82, 2.24) is 4.90 Å². The van der Waals surface area contributed by atoms with Gasteiger partial charge in [-0.3, -0.25) is 9.59 Å². The SMILES string of the molecule is CC(C)CCN(C(=O)CCCC(=O)O)C1CCCC1. The van der Waals surface area contributed by atoms with Crippen LogP contribution in [0.1, 0.15) is 65.2 Å². The van der Waals surface area contributed by atoms with Crippen LogP contribution in [0.25, 0.3) is 0 Å². The quantitative estimate of drug-likeness (QED) is 0.736. The van der Waals surface area contributed by atoms with Crippen molar-refractivity contribution >= 4 is 11.9 Å². The van der Waals surface area contributed by atoms with E-state index in [1.807, 2.05) is 4.90 Å². The van der Waals surface area contributed by atoms with E-state index in [2.05, 4.69) is 13.8 Å². The fraction of sp³-hybridized carbons (Fsp3) is 0.867. The highest BCUT2D eigenvalue weighted by atomic mass is 16.4. The summed E-state index contributed by atoms with van der Waals surface area (Å²) in [4.78, 5) is 24.8. The molecule has 0 heterocycles. The monoisotopic (exact) mass is 269 g/mol. The first kappa shape index (κ1) is 16.0. The zero-order valence-corrected chi connectivity index (χ0v) is 12.2. The van der Waals surface area contributed by atoms with Crippen LogP contribution < -0.4 is 0 Å². The molecule has 1 aliphatic rings. The summed E-state index contributed by atoms with van der Waals surface area (Å²) in [6.45, 7) is 5.16. The number of carbonyl (C=O) groups excluding carboxylic acids is 1. The van der Waals surface area contributed by atoms with E-state index in [0.717, 1.165) is 25.8 Å². The molecule has 0 unspecified atom stereocenters. The minimum atomic E-state index is -0.817. The van der Waals surface area contributed by atoms with Crippen molar-refractivity contribution in [3.8, 4) is 0 Å². The van der Waals surface area contributed by atoms with Crippen LogP contribution in [0.15, 0.2) is 0 Å². The number of nitrogens with zero attached hydrogens (tertiary/aromatic N) is 1. The molecule has 0 radical (unpaired) electrons. The average Bonchev–Trinajstić information content (AvgIpc) is 2.82. The molecule has 1 saturated carbocycles. The van der Waals surface area contributed by atoms with Crippen LogP contribution >= 0.6 is 0 Å². The van der Waals surface area contributed by atoms with Crippen molar-refractivity contribution in [2.24, 2.45) is 5.92 Å². The summed E-state index contributed by atoms with van der Waals surface area (Å²) in [6.07, 6.45) is 6.61. The molecule has 0 atom stereocenters. The Hall–Kier alpha value is -1.06. The summed E-state index contributed by atoms with van der Waals surface area (Å²) in [5, 5.41) is 8.63. The lowest BCUT2D eigenvalue weighted by Gasteiger charge is -2.30. The lowest BCUT2D eigenvalue weighted by Crippen LogP contribution is -2.39. The fourth-order valence-corrected chi connectivity index (χ4v) is 2.66. The van der Waals surface area contributed by atoms with E-state index in [1.54, 1.807) is 0 Å². The normalized spacial score (nSPS) is 15.9. The van der Waals surface area contributed by atoms with Gasteiger partial charge in [-0.15, -0.1) is 0 Å². The van der Waals surface area contributed by atoms with Gasteiger partial charge in [0.25, 0.3) is 0 Å². The largest absolute Gasteiger partial charge is 0.481 e. The predicted octanol–water partition coefficient (Wildman–Crippen LogP) is 3.06. The molecule has 1 rings (SSSR count). The molecule has 0 aromatic carbocycles. The maximum Gasteiger partial charge on any atom is 0.303 e. The predicted molar refractivity (Wildman–Crippen MR) is 74.9 cm³/mol. The molecule has 1 aliphatic carbocycles. The van der Waals surface area contributed by atoms with Gasteiger partial charge in [0.1, 0.15) is 0 Å². The van der Waals surface area contributed by atoms with Crippen LogP contribution in [0.5, 0.6) is 0 Å². The lowest BCUT2D eigenvalue weighted by atomic mass is 10.1. The average molecular weight is 269 g/mol. The Morgan fingerprint density at radius 1 is 1.21 bits per heavy atom. The van der Waals surface area contributed by atoms with Crippen molar-refractivity contribution in [2.45, 2.75) is 71.3 Å². The van der Waals surface area contributed by atoms with Gasteiger partial charge in [0, 0.05) is 25.4 Å². The molecule has 19 heavy (non-hydrogen) atoms. The van der Waals surface area contributed by atoms with E-state index in [9.17, 15) is 9.59 Å². The fourth-order valence-electron chi connectivity index (χ4n) is 2.66. The molecule has 4 heteroatoms. The van der Waals surface area contributed by atoms with Crippen molar-refractivity contribution < 1.29 is 14.7 Å². The summed E-state index contributed by atoms with van der Waals surface area (Å²) in [6, 6.07) is 0.399. The highest BCUT2D eigenvalue weighted by Gasteiger charge is 2.26. The Bertz CT molecular complexity index is 296. The summed E-state index contributed by atoms with van der Waals surface area (Å²) in [7, 11) is 0. The molecule has 1 fully saturated rings. The van der Waals surface area contributed by atoms with Gasteiger partial charge in [0.05, 0.1) is 0 Å². The number of rotatable bonds is 8. The minimum absolute atomic E-state index is 0.0917. The molecular formula is C15H27NO3. The van der Waals surface area contributed by atoms with Gasteiger partial charge in [-0.25, -0.2) is 0 Å². The molecule has 0 aliphatic heterocycles. The zero-order valence-electron chi connectivity index (χ0n) is 12.2. The van der Waals surface area contributed by atoms with Crippen molar-refractivity contribution in [3.05, 3.63) is 0 Å². The van der Waals surface area contributed by atoms with Gasteiger partial charge in [-0.2, -0.15) is 0 Å². The first-order chi connectivity index (χ1) is 9.00. The smallest absolute Gasteiger partial charge is 0.303 e. The Labute approximate surface area is 116 Å². The number of carboxylic acids is 1. The van der Waals surface area contributed by atoms with E-state index >= 15 is 0 Å². The first-order valence-corrected chi connectivity index (χ1v) is 7.52. The number of amides is 1. The van der Waals surface area contributed by atoms with Gasteiger partial charge >= 0.3 is 5.97 Å². The third-order valence-electron chi connectivity index (χ3n) is 3.81. The van der Waals surface area contributed by atoms with E-state index in [0.29, 0.717) is 24.8 Å². The van der Waals surface area contributed by atoms with E-state index in [-0.39, 0.29) is 12.3 Å². The topological polar surface area (TPSA) is 57.6 Å². The van der Waals surface area contributed by atoms with Crippen molar-refractivity contribution in [1.29, 1.82) is 0 Å². The number of aliphatic carboxylic acids is 1. The molecule has 0 aromatic rings. The van der Waals surface area contributed by atoms with Gasteiger partial charge in [0.2, 0.25) is 5.91 Å². The standard InChI is InChI=1S/C15H27NO3/c1-12(2)10-11-16(13-6-3-4-7-13)14(17)8-5-9-15(18)19/h12-13H,3-11H2,1-2H3,(H,18,19). The molecule has 1 N–H and O–H groups in total.